The Labute approximate surface area is 135 Å². The zero-order valence-electron chi connectivity index (χ0n) is 10.3. The molecule has 0 aliphatic rings. The first kappa shape index (κ1) is 15.6. The molecule has 0 saturated carbocycles. The van der Waals surface area contributed by atoms with Crippen molar-refractivity contribution in [2.45, 2.75) is 0 Å². The smallest absolute Gasteiger partial charge is 0.274 e. The van der Waals surface area contributed by atoms with E-state index in [4.69, 9.17) is 34.8 Å². The minimum absolute atomic E-state index is 0.0684. The van der Waals surface area contributed by atoms with Crippen molar-refractivity contribution in [3.05, 3.63) is 56.8 Å². The second-order valence-electron chi connectivity index (χ2n) is 3.87. The molecule has 0 spiro atoms. The number of carbonyl (C=O) groups is 1. The van der Waals surface area contributed by atoms with Crippen LogP contribution in [0.3, 0.4) is 0 Å². The highest BCUT2D eigenvalue weighted by Crippen LogP contribution is 2.29. The van der Waals surface area contributed by atoms with E-state index in [1.165, 1.54) is 30.6 Å². The fourth-order valence-electron chi connectivity index (χ4n) is 1.46. The normalized spacial score (nSPS) is 10.8. The Morgan fingerprint density at radius 3 is 2.81 bits per heavy atom. The summed E-state index contributed by atoms with van der Waals surface area (Å²) in [5.74, 6) is -0.713. The van der Waals surface area contributed by atoms with Crippen molar-refractivity contribution < 1.29 is 9.90 Å². The van der Waals surface area contributed by atoms with E-state index in [9.17, 15) is 9.90 Å². The second kappa shape index (κ2) is 6.76. The standard InChI is InChI=1S/C13H8Cl3N3O2/c14-8-4-7(11(20)10(15)5-8)6-18-19-13(21)9-2-1-3-17-12(9)16/h1-6,20H,(H,19,21)/b18-6+. The number of hydrazone groups is 1. The lowest BCUT2D eigenvalue weighted by molar-refractivity contribution is 0.0955. The summed E-state index contributed by atoms with van der Waals surface area (Å²) in [4.78, 5) is 15.6. The topological polar surface area (TPSA) is 74.6 Å². The molecule has 0 aliphatic carbocycles. The number of amides is 1. The molecule has 0 bridgehead atoms. The van der Waals surface area contributed by atoms with E-state index in [0.29, 0.717) is 5.02 Å². The Hall–Kier alpha value is -1.82. The maximum atomic E-state index is 11.8. The van der Waals surface area contributed by atoms with Crippen LogP contribution in [0.15, 0.2) is 35.6 Å². The van der Waals surface area contributed by atoms with Crippen LogP contribution in [0.4, 0.5) is 0 Å². The number of phenols is 1. The summed E-state index contributed by atoms with van der Waals surface area (Å²) < 4.78 is 0. The van der Waals surface area contributed by atoms with Crippen LogP contribution in [0.5, 0.6) is 5.75 Å². The molecule has 1 aromatic heterocycles. The van der Waals surface area contributed by atoms with Crippen molar-refractivity contribution >= 4 is 46.9 Å². The monoisotopic (exact) mass is 343 g/mol. The Balaban J connectivity index is 2.13. The lowest BCUT2D eigenvalue weighted by Crippen LogP contribution is -2.18. The number of benzene rings is 1. The van der Waals surface area contributed by atoms with Gasteiger partial charge in [0, 0.05) is 16.8 Å². The molecule has 1 heterocycles. The van der Waals surface area contributed by atoms with Crippen molar-refractivity contribution in [3.8, 4) is 5.75 Å². The first-order chi connectivity index (χ1) is 9.99. The minimum atomic E-state index is -0.531. The fraction of sp³-hybridized carbons (Fsp3) is 0. The van der Waals surface area contributed by atoms with Crippen LogP contribution in [0.25, 0.3) is 0 Å². The maximum absolute atomic E-state index is 11.8. The molecule has 108 valence electrons. The molecule has 0 unspecified atom stereocenters. The molecule has 0 saturated heterocycles. The molecule has 1 amide bonds. The fourth-order valence-corrected chi connectivity index (χ4v) is 2.17. The third-order valence-electron chi connectivity index (χ3n) is 2.43. The number of phenolic OH excluding ortho intramolecular Hbond substituents is 1. The molecule has 2 N–H and O–H groups in total. The van der Waals surface area contributed by atoms with Gasteiger partial charge in [0.1, 0.15) is 10.9 Å². The van der Waals surface area contributed by atoms with E-state index < -0.39 is 5.91 Å². The van der Waals surface area contributed by atoms with Gasteiger partial charge in [-0.3, -0.25) is 4.79 Å². The lowest BCUT2D eigenvalue weighted by Gasteiger charge is -2.03. The van der Waals surface area contributed by atoms with E-state index >= 15 is 0 Å². The van der Waals surface area contributed by atoms with E-state index in [1.807, 2.05) is 0 Å². The highest BCUT2D eigenvalue weighted by Gasteiger charge is 2.10. The average Bonchev–Trinajstić information content (AvgIpc) is 2.44. The van der Waals surface area contributed by atoms with Gasteiger partial charge in [-0.15, -0.1) is 0 Å². The predicted molar refractivity (Wildman–Crippen MR) is 82.4 cm³/mol. The predicted octanol–water partition coefficient (Wildman–Crippen LogP) is 3.51. The number of halogens is 3. The summed E-state index contributed by atoms with van der Waals surface area (Å²) in [7, 11) is 0. The van der Waals surface area contributed by atoms with Crippen molar-refractivity contribution in [2.75, 3.05) is 0 Å². The van der Waals surface area contributed by atoms with Crippen LogP contribution in [-0.2, 0) is 0 Å². The molecule has 2 aromatic rings. The quantitative estimate of drug-likeness (QED) is 0.508. The second-order valence-corrected chi connectivity index (χ2v) is 5.07. The van der Waals surface area contributed by atoms with Gasteiger partial charge in [0.05, 0.1) is 16.8 Å². The molecule has 0 atom stereocenters. The molecular formula is C13H8Cl3N3O2. The lowest BCUT2D eigenvalue weighted by atomic mass is 10.2. The van der Waals surface area contributed by atoms with Gasteiger partial charge in [-0.1, -0.05) is 34.8 Å². The zero-order chi connectivity index (χ0) is 15.4. The molecule has 5 nitrogen and oxygen atoms in total. The Bertz CT molecular complexity index is 720. The number of hydrogen-bond donors (Lipinski definition) is 2. The summed E-state index contributed by atoms with van der Waals surface area (Å²) in [6.45, 7) is 0. The van der Waals surface area contributed by atoms with Gasteiger partial charge in [-0.05, 0) is 24.3 Å². The van der Waals surface area contributed by atoms with E-state index in [2.05, 4.69) is 15.5 Å². The largest absolute Gasteiger partial charge is 0.506 e. The molecule has 0 radical (unpaired) electrons. The summed E-state index contributed by atoms with van der Waals surface area (Å²) in [6.07, 6.45) is 2.68. The SMILES string of the molecule is O=C(N/N=C/c1cc(Cl)cc(Cl)c1O)c1cccnc1Cl. The Kier molecular flexibility index (Phi) is 5.01. The van der Waals surface area contributed by atoms with Crippen molar-refractivity contribution in [3.63, 3.8) is 0 Å². The Morgan fingerprint density at radius 1 is 1.33 bits per heavy atom. The number of pyridine rings is 1. The molecule has 2 rings (SSSR count). The van der Waals surface area contributed by atoms with Gasteiger partial charge in [0.25, 0.3) is 5.91 Å². The molecule has 1 aromatic carbocycles. The molecule has 0 aliphatic heterocycles. The third-order valence-corrected chi connectivity index (χ3v) is 3.24. The van der Waals surface area contributed by atoms with Crippen LogP contribution in [-0.4, -0.2) is 22.2 Å². The zero-order valence-corrected chi connectivity index (χ0v) is 12.6. The van der Waals surface area contributed by atoms with E-state index in [-0.39, 0.29) is 27.1 Å². The van der Waals surface area contributed by atoms with Gasteiger partial charge in [-0.25, -0.2) is 10.4 Å². The summed E-state index contributed by atoms with van der Waals surface area (Å²) in [5.41, 5.74) is 2.72. The number of carbonyl (C=O) groups excluding carboxylic acids is 1. The van der Waals surface area contributed by atoms with Crippen LogP contribution in [0, 0.1) is 0 Å². The number of aromatic nitrogens is 1. The van der Waals surface area contributed by atoms with Crippen LogP contribution in [0.1, 0.15) is 15.9 Å². The minimum Gasteiger partial charge on any atom is -0.506 e. The Morgan fingerprint density at radius 2 is 2.10 bits per heavy atom. The van der Waals surface area contributed by atoms with Crippen LogP contribution in [0.2, 0.25) is 15.2 Å². The van der Waals surface area contributed by atoms with Crippen LogP contribution >= 0.6 is 34.8 Å². The number of nitrogens with one attached hydrogen (secondary N) is 1. The van der Waals surface area contributed by atoms with Gasteiger partial charge < -0.3 is 5.11 Å². The molecule has 8 heteroatoms. The maximum Gasteiger partial charge on any atom is 0.274 e. The van der Waals surface area contributed by atoms with Gasteiger partial charge in [0.2, 0.25) is 0 Å². The van der Waals surface area contributed by atoms with Gasteiger partial charge in [-0.2, -0.15) is 5.10 Å². The highest BCUT2D eigenvalue weighted by atomic mass is 35.5. The van der Waals surface area contributed by atoms with Crippen molar-refractivity contribution in [1.82, 2.24) is 10.4 Å². The summed E-state index contributed by atoms with van der Waals surface area (Å²) in [6, 6.07) is 5.93. The van der Waals surface area contributed by atoms with E-state index in [0.717, 1.165) is 0 Å². The first-order valence-corrected chi connectivity index (χ1v) is 6.74. The molecule has 0 fully saturated rings. The van der Waals surface area contributed by atoms with Crippen molar-refractivity contribution in [1.29, 1.82) is 0 Å². The number of aromatic hydroxyl groups is 1. The highest BCUT2D eigenvalue weighted by molar-refractivity contribution is 6.36. The average molecular weight is 345 g/mol. The van der Waals surface area contributed by atoms with Crippen molar-refractivity contribution in [2.24, 2.45) is 5.10 Å². The van der Waals surface area contributed by atoms with Crippen LogP contribution < -0.4 is 5.43 Å². The summed E-state index contributed by atoms with van der Waals surface area (Å²) in [5, 5.41) is 13.9. The number of hydrogen-bond acceptors (Lipinski definition) is 4. The van der Waals surface area contributed by atoms with E-state index in [1.54, 1.807) is 6.07 Å². The molecular weight excluding hydrogens is 337 g/mol. The number of nitrogens with zero attached hydrogens (tertiary/aromatic N) is 2. The molecule has 21 heavy (non-hydrogen) atoms. The van der Waals surface area contributed by atoms with Gasteiger partial charge >= 0.3 is 0 Å². The van der Waals surface area contributed by atoms with Gasteiger partial charge in [0.15, 0.2) is 0 Å². The summed E-state index contributed by atoms with van der Waals surface area (Å²) >= 11 is 17.4. The first-order valence-electron chi connectivity index (χ1n) is 5.61. The number of rotatable bonds is 3. The third kappa shape index (κ3) is 3.85.